The van der Waals surface area contributed by atoms with Crippen LogP contribution in [0.4, 0.5) is 5.69 Å². The minimum absolute atomic E-state index is 0.157. The van der Waals surface area contributed by atoms with Crippen LogP contribution in [0, 0.1) is 13.8 Å². The minimum Gasteiger partial charge on any atom is -0.392 e. The second kappa shape index (κ2) is 7.27. The van der Waals surface area contributed by atoms with E-state index in [0.29, 0.717) is 23.4 Å². The lowest BCUT2D eigenvalue weighted by atomic mass is 10.1. The molecule has 0 saturated carbocycles. The van der Waals surface area contributed by atoms with Crippen LogP contribution in [0.25, 0.3) is 0 Å². The smallest absolute Gasteiger partial charge is 0.255 e. The number of hydrogen-bond acceptors (Lipinski definition) is 4. The van der Waals surface area contributed by atoms with Gasteiger partial charge in [-0.3, -0.25) is 14.5 Å². The molecule has 3 aromatic rings. The van der Waals surface area contributed by atoms with Crippen molar-refractivity contribution in [3.63, 3.8) is 0 Å². The van der Waals surface area contributed by atoms with Crippen LogP contribution in [0.15, 0.2) is 48.8 Å². The van der Waals surface area contributed by atoms with Gasteiger partial charge < -0.3 is 10.4 Å². The Kier molecular flexibility index (Phi) is 4.90. The van der Waals surface area contributed by atoms with Gasteiger partial charge in [0.2, 0.25) is 0 Å². The fraction of sp³-hybridized carbons (Fsp3) is 0.211. The number of aliphatic hydroxyl groups is 1. The van der Waals surface area contributed by atoms with Crippen molar-refractivity contribution >= 4 is 11.6 Å². The van der Waals surface area contributed by atoms with Crippen LogP contribution in [0.3, 0.4) is 0 Å². The number of amides is 1. The number of rotatable bonds is 5. The predicted octanol–water partition coefficient (Wildman–Crippen LogP) is 2.69. The third-order valence-electron chi connectivity index (χ3n) is 3.95. The molecular weight excluding hydrogens is 316 g/mol. The van der Waals surface area contributed by atoms with Crippen LogP contribution in [-0.2, 0) is 13.2 Å². The number of aromatic nitrogens is 3. The number of aliphatic hydroxyl groups excluding tert-OH is 1. The van der Waals surface area contributed by atoms with E-state index in [-0.39, 0.29) is 12.5 Å². The number of benzene rings is 1. The van der Waals surface area contributed by atoms with Crippen molar-refractivity contribution in [3.05, 3.63) is 76.9 Å². The van der Waals surface area contributed by atoms with Crippen molar-refractivity contribution in [2.75, 3.05) is 5.32 Å². The maximum atomic E-state index is 12.5. The largest absolute Gasteiger partial charge is 0.392 e. The molecule has 2 aromatic heterocycles. The molecule has 6 nitrogen and oxygen atoms in total. The molecule has 2 heterocycles. The molecule has 0 aliphatic carbocycles. The molecule has 2 N–H and O–H groups in total. The first-order valence-corrected chi connectivity index (χ1v) is 8.02. The van der Waals surface area contributed by atoms with Gasteiger partial charge in [-0.15, -0.1) is 0 Å². The van der Waals surface area contributed by atoms with Gasteiger partial charge in [-0.2, -0.15) is 5.10 Å². The molecule has 0 unspecified atom stereocenters. The lowest BCUT2D eigenvalue weighted by molar-refractivity contribution is 0.102. The van der Waals surface area contributed by atoms with Gasteiger partial charge in [0.05, 0.1) is 30.7 Å². The maximum Gasteiger partial charge on any atom is 0.255 e. The van der Waals surface area contributed by atoms with Crippen LogP contribution in [0.5, 0.6) is 0 Å². The molecule has 0 spiro atoms. The zero-order chi connectivity index (χ0) is 17.8. The van der Waals surface area contributed by atoms with Gasteiger partial charge in [-0.05, 0) is 43.7 Å². The van der Waals surface area contributed by atoms with Crippen molar-refractivity contribution in [1.82, 2.24) is 14.8 Å². The Hall–Kier alpha value is -2.99. The van der Waals surface area contributed by atoms with Crippen molar-refractivity contribution < 1.29 is 9.90 Å². The van der Waals surface area contributed by atoms with Crippen molar-refractivity contribution in [1.29, 1.82) is 0 Å². The summed E-state index contributed by atoms with van der Waals surface area (Å²) >= 11 is 0. The van der Waals surface area contributed by atoms with Crippen LogP contribution in [-0.4, -0.2) is 25.8 Å². The van der Waals surface area contributed by atoms with Crippen molar-refractivity contribution in [3.8, 4) is 0 Å². The first-order valence-electron chi connectivity index (χ1n) is 8.02. The summed E-state index contributed by atoms with van der Waals surface area (Å²) in [6.45, 7) is 4.42. The summed E-state index contributed by atoms with van der Waals surface area (Å²) in [4.78, 5) is 16.5. The van der Waals surface area contributed by atoms with Crippen LogP contribution in [0.1, 0.15) is 32.9 Å². The van der Waals surface area contributed by atoms with E-state index < -0.39 is 0 Å². The van der Waals surface area contributed by atoms with Gasteiger partial charge in [0.15, 0.2) is 0 Å². The summed E-state index contributed by atoms with van der Waals surface area (Å²) in [5.74, 6) is -0.238. The summed E-state index contributed by atoms with van der Waals surface area (Å²) in [7, 11) is 0. The highest BCUT2D eigenvalue weighted by molar-refractivity contribution is 6.04. The fourth-order valence-electron chi connectivity index (χ4n) is 2.69. The molecule has 0 aliphatic rings. The summed E-state index contributed by atoms with van der Waals surface area (Å²) in [5.41, 5.74) is 4.73. The van der Waals surface area contributed by atoms with E-state index in [4.69, 9.17) is 0 Å². The molecule has 1 aromatic carbocycles. The monoisotopic (exact) mass is 336 g/mol. The minimum atomic E-state index is -0.238. The molecule has 0 fully saturated rings. The quantitative estimate of drug-likeness (QED) is 0.751. The Morgan fingerprint density at radius 1 is 1.24 bits per heavy atom. The van der Waals surface area contributed by atoms with Gasteiger partial charge in [0.25, 0.3) is 5.91 Å². The molecule has 1 amide bonds. The first-order chi connectivity index (χ1) is 12.1. The summed E-state index contributed by atoms with van der Waals surface area (Å²) in [6, 6.07) is 11.1. The molecule has 0 saturated heterocycles. The van der Waals surface area contributed by atoms with Gasteiger partial charge in [-0.25, -0.2) is 0 Å². The van der Waals surface area contributed by atoms with Gasteiger partial charge in [0, 0.05) is 23.0 Å². The summed E-state index contributed by atoms with van der Waals surface area (Å²) < 4.78 is 1.91. The topological polar surface area (TPSA) is 80.0 Å². The first kappa shape index (κ1) is 16.9. The summed E-state index contributed by atoms with van der Waals surface area (Å²) in [6.07, 6.45) is 3.11. The predicted molar refractivity (Wildman–Crippen MR) is 95.4 cm³/mol. The third kappa shape index (κ3) is 3.92. The SMILES string of the molecule is Cc1cc(C)n(Cc2cccc(C(=O)Nc3cnccc3CO)c2)n1. The number of pyridine rings is 1. The zero-order valence-corrected chi connectivity index (χ0v) is 14.2. The van der Waals surface area contributed by atoms with E-state index >= 15 is 0 Å². The molecule has 0 aliphatic heterocycles. The molecule has 128 valence electrons. The second-order valence-electron chi connectivity index (χ2n) is 5.93. The second-order valence-corrected chi connectivity index (χ2v) is 5.93. The maximum absolute atomic E-state index is 12.5. The highest BCUT2D eigenvalue weighted by Crippen LogP contribution is 2.16. The molecule has 6 heteroatoms. The van der Waals surface area contributed by atoms with Crippen molar-refractivity contribution in [2.24, 2.45) is 0 Å². The standard InChI is InChI=1S/C19H20N4O2/c1-13-8-14(2)23(22-13)11-15-4-3-5-16(9-15)19(25)21-18-10-20-7-6-17(18)12-24/h3-10,24H,11-12H2,1-2H3,(H,21,25). The zero-order valence-electron chi connectivity index (χ0n) is 14.2. The number of anilines is 1. The molecular formula is C19H20N4O2. The van der Waals surface area contributed by atoms with Crippen LogP contribution in [0.2, 0.25) is 0 Å². The molecule has 0 atom stereocenters. The Bertz CT molecular complexity index is 902. The number of carbonyl (C=O) groups is 1. The summed E-state index contributed by atoms with van der Waals surface area (Å²) in [5, 5.41) is 16.6. The van der Waals surface area contributed by atoms with E-state index in [0.717, 1.165) is 17.0 Å². The van der Waals surface area contributed by atoms with E-state index in [1.807, 2.05) is 42.8 Å². The highest BCUT2D eigenvalue weighted by atomic mass is 16.3. The number of aryl methyl sites for hydroxylation is 2. The number of nitrogens with one attached hydrogen (secondary N) is 1. The average Bonchev–Trinajstić information content (AvgIpc) is 2.92. The number of carbonyl (C=O) groups excluding carboxylic acids is 1. The Labute approximate surface area is 146 Å². The lowest BCUT2D eigenvalue weighted by Crippen LogP contribution is -2.14. The Morgan fingerprint density at radius 3 is 2.80 bits per heavy atom. The van der Waals surface area contributed by atoms with Gasteiger partial charge in [-0.1, -0.05) is 12.1 Å². The highest BCUT2D eigenvalue weighted by Gasteiger charge is 2.10. The molecule has 3 rings (SSSR count). The normalized spacial score (nSPS) is 10.7. The van der Waals surface area contributed by atoms with E-state index in [9.17, 15) is 9.90 Å². The third-order valence-corrected chi connectivity index (χ3v) is 3.95. The average molecular weight is 336 g/mol. The number of nitrogens with zero attached hydrogens (tertiary/aromatic N) is 3. The van der Waals surface area contributed by atoms with E-state index in [1.54, 1.807) is 18.3 Å². The van der Waals surface area contributed by atoms with E-state index in [2.05, 4.69) is 15.4 Å². The fourth-order valence-corrected chi connectivity index (χ4v) is 2.69. The van der Waals surface area contributed by atoms with Gasteiger partial charge in [0.1, 0.15) is 0 Å². The molecule has 25 heavy (non-hydrogen) atoms. The molecule has 0 radical (unpaired) electrons. The van der Waals surface area contributed by atoms with E-state index in [1.165, 1.54) is 6.20 Å². The van der Waals surface area contributed by atoms with Crippen molar-refractivity contribution in [2.45, 2.75) is 27.0 Å². The van der Waals surface area contributed by atoms with Crippen LogP contribution >= 0.6 is 0 Å². The Balaban J connectivity index is 1.79. The lowest BCUT2D eigenvalue weighted by Gasteiger charge is -2.10. The number of hydrogen-bond donors (Lipinski definition) is 2. The Morgan fingerprint density at radius 2 is 2.08 bits per heavy atom. The van der Waals surface area contributed by atoms with Gasteiger partial charge >= 0.3 is 0 Å². The van der Waals surface area contributed by atoms with Crippen LogP contribution < -0.4 is 5.32 Å². The molecule has 0 bridgehead atoms.